The number of alkyl halides is 3. The Bertz CT molecular complexity index is 601. The summed E-state index contributed by atoms with van der Waals surface area (Å²) < 4.78 is 36.9. The molecule has 0 saturated heterocycles. The average Bonchev–Trinajstić information content (AvgIpc) is 2.28. The first-order valence-corrected chi connectivity index (χ1v) is 6.37. The van der Waals surface area contributed by atoms with Gasteiger partial charge >= 0.3 is 6.18 Å². The second-order valence-electron chi connectivity index (χ2n) is 4.25. The standard InChI is InChI=1S/C13H9Cl2F3N2/c1-7-2-4-8(5-3-7)10-11(14)19-9(20-12(10)15)6-13(16,17)18/h2-5H,6H2,1H3. The molecule has 1 heterocycles. The molecule has 0 aliphatic heterocycles. The van der Waals surface area contributed by atoms with Crippen molar-refractivity contribution in [2.45, 2.75) is 19.5 Å². The summed E-state index contributed by atoms with van der Waals surface area (Å²) in [7, 11) is 0. The van der Waals surface area contributed by atoms with E-state index in [9.17, 15) is 13.2 Å². The van der Waals surface area contributed by atoms with Gasteiger partial charge in [-0.2, -0.15) is 13.2 Å². The maximum absolute atomic E-state index is 12.3. The highest BCUT2D eigenvalue weighted by molar-refractivity contribution is 6.37. The largest absolute Gasteiger partial charge is 0.396 e. The zero-order valence-corrected chi connectivity index (χ0v) is 11.8. The second kappa shape index (κ2) is 5.58. The van der Waals surface area contributed by atoms with Gasteiger partial charge in [0.25, 0.3) is 0 Å². The van der Waals surface area contributed by atoms with Gasteiger partial charge in [0.05, 0.1) is 5.56 Å². The molecule has 0 N–H and O–H groups in total. The van der Waals surface area contributed by atoms with Gasteiger partial charge in [-0.1, -0.05) is 53.0 Å². The van der Waals surface area contributed by atoms with Crippen molar-refractivity contribution >= 4 is 23.2 Å². The molecule has 0 atom stereocenters. The van der Waals surface area contributed by atoms with Crippen molar-refractivity contribution in [3.05, 3.63) is 46.0 Å². The molecular formula is C13H9Cl2F3N2. The summed E-state index contributed by atoms with van der Waals surface area (Å²) in [5.41, 5.74) is 2.03. The molecule has 0 saturated carbocycles. The van der Waals surface area contributed by atoms with Crippen molar-refractivity contribution in [3.63, 3.8) is 0 Å². The Morgan fingerprint density at radius 1 is 1.00 bits per heavy atom. The Labute approximate surface area is 123 Å². The molecular weight excluding hydrogens is 312 g/mol. The van der Waals surface area contributed by atoms with Gasteiger partial charge in [0, 0.05) is 0 Å². The molecule has 0 fully saturated rings. The molecule has 0 aliphatic rings. The van der Waals surface area contributed by atoms with Crippen molar-refractivity contribution < 1.29 is 13.2 Å². The molecule has 0 amide bonds. The number of nitrogens with zero attached hydrogens (tertiary/aromatic N) is 2. The molecule has 1 aromatic carbocycles. The number of halogens is 5. The Morgan fingerprint density at radius 3 is 1.95 bits per heavy atom. The van der Waals surface area contributed by atoms with E-state index in [1.807, 2.05) is 19.1 Å². The predicted molar refractivity (Wildman–Crippen MR) is 72.0 cm³/mol. The maximum atomic E-state index is 12.3. The lowest BCUT2D eigenvalue weighted by Gasteiger charge is -2.10. The number of benzene rings is 1. The van der Waals surface area contributed by atoms with Crippen molar-refractivity contribution in [2.24, 2.45) is 0 Å². The van der Waals surface area contributed by atoms with Gasteiger partial charge < -0.3 is 0 Å². The van der Waals surface area contributed by atoms with Crippen LogP contribution in [0, 0.1) is 6.92 Å². The number of rotatable bonds is 2. The van der Waals surface area contributed by atoms with E-state index >= 15 is 0 Å². The Balaban J connectivity index is 2.43. The van der Waals surface area contributed by atoms with Crippen LogP contribution in [-0.2, 0) is 6.42 Å². The third-order valence-corrected chi connectivity index (χ3v) is 3.11. The van der Waals surface area contributed by atoms with E-state index in [4.69, 9.17) is 23.2 Å². The Kier molecular flexibility index (Phi) is 4.20. The van der Waals surface area contributed by atoms with Crippen LogP contribution >= 0.6 is 23.2 Å². The minimum atomic E-state index is -4.40. The van der Waals surface area contributed by atoms with E-state index in [0.29, 0.717) is 11.1 Å². The molecule has 2 aromatic rings. The Morgan fingerprint density at radius 2 is 1.50 bits per heavy atom. The molecule has 0 bridgehead atoms. The highest BCUT2D eigenvalue weighted by Crippen LogP contribution is 2.33. The Hall–Kier alpha value is -1.33. The van der Waals surface area contributed by atoms with E-state index in [0.717, 1.165) is 5.56 Å². The van der Waals surface area contributed by atoms with Gasteiger partial charge in [-0.05, 0) is 12.5 Å². The van der Waals surface area contributed by atoms with Crippen LogP contribution in [0.25, 0.3) is 11.1 Å². The van der Waals surface area contributed by atoms with Gasteiger partial charge in [-0.25, -0.2) is 9.97 Å². The first-order valence-electron chi connectivity index (χ1n) is 5.62. The number of hydrogen-bond donors (Lipinski definition) is 0. The summed E-state index contributed by atoms with van der Waals surface area (Å²) in [6.07, 6.45) is -5.67. The summed E-state index contributed by atoms with van der Waals surface area (Å²) in [6, 6.07) is 7.20. The predicted octanol–water partition coefficient (Wildman–Crippen LogP) is 4.86. The fourth-order valence-electron chi connectivity index (χ4n) is 1.67. The fraction of sp³-hybridized carbons (Fsp3) is 0.231. The zero-order chi connectivity index (χ0) is 14.9. The van der Waals surface area contributed by atoms with E-state index in [1.165, 1.54) is 0 Å². The molecule has 0 unspecified atom stereocenters. The van der Waals surface area contributed by atoms with Crippen LogP contribution in [0.1, 0.15) is 11.4 Å². The van der Waals surface area contributed by atoms with E-state index in [-0.39, 0.29) is 10.3 Å². The summed E-state index contributed by atoms with van der Waals surface area (Å²) in [4.78, 5) is 7.34. The van der Waals surface area contributed by atoms with Crippen LogP contribution < -0.4 is 0 Å². The van der Waals surface area contributed by atoms with Crippen LogP contribution in [0.4, 0.5) is 13.2 Å². The minimum Gasteiger partial charge on any atom is -0.220 e. The highest BCUT2D eigenvalue weighted by atomic mass is 35.5. The fourth-order valence-corrected chi connectivity index (χ4v) is 2.31. The number of aryl methyl sites for hydroxylation is 1. The summed E-state index contributed by atoms with van der Waals surface area (Å²) >= 11 is 11.9. The quantitative estimate of drug-likeness (QED) is 0.738. The molecule has 0 radical (unpaired) electrons. The third kappa shape index (κ3) is 3.61. The van der Waals surface area contributed by atoms with Gasteiger partial charge in [-0.3, -0.25) is 0 Å². The topological polar surface area (TPSA) is 25.8 Å². The second-order valence-corrected chi connectivity index (χ2v) is 4.97. The maximum Gasteiger partial charge on any atom is 0.396 e. The summed E-state index contributed by atoms with van der Waals surface area (Å²) in [6.45, 7) is 1.91. The van der Waals surface area contributed by atoms with Crippen molar-refractivity contribution in [1.82, 2.24) is 9.97 Å². The van der Waals surface area contributed by atoms with Crippen LogP contribution in [0.3, 0.4) is 0 Å². The van der Waals surface area contributed by atoms with Gasteiger partial charge in [0.15, 0.2) is 0 Å². The van der Waals surface area contributed by atoms with E-state index in [2.05, 4.69) is 9.97 Å². The SMILES string of the molecule is Cc1ccc(-c2c(Cl)nc(CC(F)(F)F)nc2Cl)cc1. The van der Waals surface area contributed by atoms with Gasteiger partial charge in [0.2, 0.25) is 0 Å². The summed E-state index contributed by atoms with van der Waals surface area (Å²) in [5, 5.41) is -0.179. The van der Waals surface area contributed by atoms with Crippen LogP contribution in [0.5, 0.6) is 0 Å². The molecule has 1 aromatic heterocycles. The zero-order valence-electron chi connectivity index (χ0n) is 10.3. The van der Waals surface area contributed by atoms with Crippen molar-refractivity contribution in [1.29, 1.82) is 0 Å². The van der Waals surface area contributed by atoms with Gasteiger partial charge in [-0.15, -0.1) is 0 Å². The number of aromatic nitrogens is 2. The molecule has 2 nitrogen and oxygen atoms in total. The van der Waals surface area contributed by atoms with Crippen LogP contribution in [0.2, 0.25) is 10.3 Å². The molecule has 2 rings (SSSR count). The van der Waals surface area contributed by atoms with E-state index < -0.39 is 18.4 Å². The van der Waals surface area contributed by atoms with Gasteiger partial charge in [0.1, 0.15) is 22.6 Å². The average molecular weight is 321 g/mol. The smallest absolute Gasteiger partial charge is 0.220 e. The molecule has 7 heteroatoms. The molecule has 20 heavy (non-hydrogen) atoms. The lowest BCUT2D eigenvalue weighted by Crippen LogP contribution is -2.14. The van der Waals surface area contributed by atoms with Crippen molar-refractivity contribution in [3.8, 4) is 11.1 Å². The number of hydrogen-bond acceptors (Lipinski definition) is 2. The third-order valence-electron chi connectivity index (χ3n) is 2.57. The first kappa shape index (κ1) is 15.1. The lowest BCUT2D eigenvalue weighted by atomic mass is 10.1. The normalized spacial score (nSPS) is 11.7. The van der Waals surface area contributed by atoms with Crippen molar-refractivity contribution in [2.75, 3.05) is 0 Å². The molecule has 0 aliphatic carbocycles. The summed E-state index contributed by atoms with van der Waals surface area (Å²) in [5.74, 6) is -0.441. The van der Waals surface area contributed by atoms with E-state index in [1.54, 1.807) is 12.1 Å². The van der Waals surface area contributed by atoms with Crippen LogP contribution in [0.15, 0.2) is 24.3 Å². The highest BCUT2D eigenvalue weighted by Gasteiger charge is 2.30. The monoisotopic (exact) mass is 320 g/mol. The lowest BCUT2D eigenvalue weighted by molar-refractivity contribution is -0.128. The minimum absolute atomic E-state index is 0.0897. The van der Waals surface area contributed by atoms with Crippen LogP contribution in [-0.4, -0.2) is 16.1 Å². The molecule has 0 spiro atoms. The first-order chi connectivity index (χ1) is 9.26. The molecule has 106 valence electrons.